The maximum atomic E-state index is 15.1. The van der Waals surface area contributed by atoms with Crippen molar-refractivity contribution in [3.05, 3.63) is 41.1 Å². The molecule has 0 fully saturated rings. The van der Waals surface area contributed by atoms with Crippen molar-refractivity contribution in [2.24, 2.45) is 0 Å². The molecular weight excluding hydrogens is 575 g/mol. The van der Waals surface area contributed by atoms with Crippen LogP contribution in [0.3, 0.4) is 0 Å². The number of hydrogen-bond donors (Lipinski definition) is 2. The van der Waals surface area contributed by atoms with E-state index < -0.39 is 11.8 Å². The Balaban J connectivity index is 0.000000858. The molecular formula is C19H19ClFIN5O2PS. The van der Waals surface area contributed by atoms with E-state index in [1.165, 1.54) is 22.6 Å². The molecule has 0 bridgehead atoms. The number of anilines is 1. The molecule has 4 aromatic rings. The molecule has 3 aromatic heterocycles. The van der Waals surface area contributed by atoms with Gasteiger partial charge in [0.25, 0.3) is 0 Å². The molecule has 1 unspecified atom stereocenters. The third-order valence-electron chi connectivity index (χ3n) is 4.29. The number of carbonyl (C=O) groups is 1. The van der Waals surface area contributed by atoms with Crippen LogP contribution in [0, 0.1) is 5.82 Å². The molecule has 3 N–H and O–H groups in total. The first-order valence-electron chi connectivity index (χ1n) is 9.11. The molecule has 7 nitrogen and oxygen atoms in total. The predicted octanol–water partition coefficient (Wildman–Crippen LogP) is 6.35. The fourth-order valence-electron chi connectivity index (χ4n) is 3.14. The van der Waals surface area contributed by atoms with Crippen molar-refractivity contribution >= 4 is 80.1 Å². The Bertz CT molecular complexity index is 1300. The maximum absolute atomic E-state index is 15.1. The molecule has 3 heterocycles. The largest absolute Gasteiger partial charge is 0.476 e. The second kappa shape index (κ2) is 9.89. The summed E-state index contributed by atoms with van der Waals surface area (Å²) in [5.74, 6) is -1.83. The maximum Gasteiger partial charge on any atom is 0.356 e. The van der Waals surface area contributed by atoms with Crippen LogP contribution < -0.4 is 5.73 Å². The first-order valence-corrected chi connectivity index (χ1v) is 14.8. The van der Waals surface area contributed by atoms with Gasteiger partial charge in [-0.2, -0.15) is 5.10 Å². The first kappa shape index (κ1) is 24.0. The van der Waals surface area contributed by atoms with Gasteiger partial charge in [-0.15, -0.1) is 11.8 Å². The van der Waals surface area contributed by atoms with Gasteiger partial charge >= 0.3 is 5.97 Å². The molecule has 0 spiro atoms. The topological polar surface area (TPSA) is 98.4 Å². The van der Waals surface area contributed by atoms with E-state index in [4.69, 9.17) is 17.3 Å². The number of aromatic carboxylic acids is 1. The van der Waals surface area contributed by atoms with Crippen LogP contribution in [-0.4, -0.2) is 36.3 Å². The molecule has 0 aliphatic carbocycles. The average Bonchev–Trinajstić information content (AvgIpc) is 3.29. The quantitative estimate of drug-likeness (QED) is 0.163. The number of benzene rings is 1. The van der Waals surface area contributed by atoms with Crippen LogP contribution in [0.4, 0.5) is 10.2 Å². The Labute approximate surface area is 201 Å². The number of halogens is 3. The van der Waals surface area contributed by atoms with Crippen molar-refractivity contribution in [1.29, 1.82) is 0 Å². The van der Waals surface area contributed by atoms with Crippen LogP contribution >= 0.6 is 51.8 Å². The first-order chi connectivity index (χ1) is 14.8. The number of aromatic nitrogens is 4. The summed E-state index contributed by atoms with van der Waals surface area (Å²) in [5.41, 5.74) is 7.58. The number of pyridine rings is 1. The highest BCUT2D eigenvalue weighted by atomic mass is 127. The normalized spacial score (nSPS) is 11.4. The summed E-state index contributed by atoms with van der Waals surface area (Å²) in [5, 5.41) is 14.4. The lowest BCUT2D eigenvalue weighted by atomic mass is 10.0. The number of carboxylic acids is 1. The van der Waals surface area contributed by atoms with Crippen LogP contribution in [-0.2, 0) is 0 Å². The van der Waals surface area contributed by atoms with E-state index in [1.807, 2.05) is 0 Å². The molecule has 0 saturated carbocycles. The molecule has 1 atom stereocenters. The van der Waals surface area contributed by atoms with E-state index >= 15 is 4.39 Å². The zero-order chi connectivity index (χ0) is 22.9. The Morgan fingerprint density at radius 1 is 1.42 bits per heavy atom. The Morgan fingerprint density at radius 2 is 2.10 bits per heavy atom. The molecule has 0 aliphatic rings. The molecule has 31 heavy (non-hydrogen) atoms. The zero-order valence-electron chi connectivity index (χ0n) is 16.8. The number of thioether (sulfide) groups is 1. The summed E-state index contributed by atoms with van der Waals surface area (Å²) >= 11 is 9.85. The minimum absolute atomic E-state index is 0.0440. The number of imidazole rings is 1. The van der Waals surface area contributed by atoms with Gasteiger partial charge in [-0.05, 0) is 40.4 Å². The van der Waals surface area contributed by atoms with Crippen molar-refractivity contribution in [3.63, 3.8) is 0 Å². The van der Waals surface area contributed by atoms with Crippen molar-refractivity contribution in [1.82, 2.24) is 18.9 Å². The molecule has 1 aromatic carbocycles. The summed E-state index contributed by atoms with van der Waals surface area (Å²) < 4.78 is 18.2. The Hall–Kier alpha value is -1.62. The summed E-state index contributed by atoms with van der Waals surface area (Å²) in [4.78, 5) is 16.0. The number of nitrogen functional groups attached to an aromatic ring is 1. The minimum atomic E-state index is -1.21. The highest BCUT2D eigenvalue weighted by molar-refractivity contribution is 14.2. The van der Waals surface area contributed by atoms with Crippen LogP contribution in [0.1, 0.15) is 30.8 Å². The van der Waals surface area contributed by atoms with Crippen molar-refractivity contribution in [2.45, 2.75) is 25.2 Å². The van der Waals surface area contributed by atoms with Crippen LogP contribution in [0.5, 0.6) is 0 Å². The predicted molar refractivity (Wildman–Crippen MR) is 136 cm³/mol. The summed E-state index contributed by atoms with van der Waals surface area (Å²) in [7, 11) is 0. The second-order valence-electron chi connectivity index (χ2n) is 6.44. The van der Waals surface area contributed by atoms with Gasteiger partial charge in [0.1, 0.15) is 5.65 Å². The van der Waals surface area contributed by atoms with Gasteiger partial charge in [0.2, 0.25) is 0 Å². The Morgan fingerprint density at radius 3 is 2.68 bits per heavy atom. The molecule has 0 saturated heterocycles. The lowest BCUT2D eigenvalue weighted by molar-refractivity contribution is 0.0690. The smallest absolute Gasteiger partial charge is 0.356 e. The van der Waals surface area contributed by atoms with Gasteiger partial charge in [-0.25, -0.2) is 18.6 Å². The number of nitrogens with zero attached hydrogens (tertiary/aromatic N) is 4. The lowest BCUT2D eigenvalue weighted by Crippen LogP contribution is -2.05. The highest BCUT2D eigenvalue weighted by Gasteiger charge is 2.24. The SMILES string of the molecule is CCC.CSc1c(F)c(Cl)c(-c2ccc3nc(N)c(C(=O)O)n3c2)c2cnn(PI)c12. The van der Waals surface area contributed by atoms with Gasteiger partial charge in [-0.3, -0.25) is 4.40 Å². The molecule has 4 rings (SSSR count). The average molecular weight is 594 g/mol. The van der Waals surface area contributed by atoms with Crippen LogP contribution in [0.15, 0.2) is 29.4 Å². The number of rotatable bonds is 4. The third-order valence-corrected chi connectivity index (χ3v) is 7.29. The van der Waals surface area contributed by atoms with Gasteiger partial charge in [0, 0.05) is 22.7 Å². The highest BCUT2D eigenvalue weighted by Crippen LogP contribution is 2.44. The number of nitrogens with two attached hydrogens (primary N) is 1. The standard InChI is InChI=1S/C16H11ClFIN5O2PS.C3H8/c1-28-14-11(18)10(17)9(7-4-21-24(27-19)12(7)14)6-2-3-8-22-15(20)13(16(25)26)23(8)5-6;1-3-2/h2-5,27H,20H2,1H3,(H,25,26);3H2,1-2H3. The van der Waals surface area contributed by atoms with E-state index in [0.29, 0.717) is 32.6 Å². The zero-order valence-corrected chi connectivity index (χ0v) is 21.5. The van der Waals surface area contributed by atoms with E-state index in [2.05, 4.69) is 46.0 Å². The Kier molecular flexibility index (Phi) is 7.67. The van der Waals surface area contributed by atoms with Gasteiger partial charge in [0.05, 0.1) is 28.0 Å². The summed E-state index contributed by atoms with van der Waals surface area (Å²) in [6.07, 6.45) is 6.50. The van der Waals surface area contributed by atoms with Crippen molar-refractivity contribution in [2.75, 3.05) is 12.0 Å². The molecule has 0 aliphatic heterocycles. The van der Waals surface area contributed by atoms with Gasteiger partial charge in [0.15, 0.2) is 17.3 Å². The van der Waals surface area contributed by atoms with Gasteiger partial charge < -0.3 is 10.8 Å². The fraction of sp³-hybridized carbons (Fsp3) is 0.211. The molecule has 12 heteroatoms. The summed E-state index contributed by atoms with van der Waals surface area (Å²) in [6.45, 7) is 4.25. The van der Waals surface area contributed by atoms with Crippen molar-refractivity contribution in [3.8, 4) is 11.1 Å². The molecule has 164 valence electrons. The number of fused-ring (bicyclic) bond motifs is 2. The second-order valence-corrected chi connectivity index (χ2v) is 9.68. The van der Waals surface area contributed by atoms with E-state index in [1.54, 1.807) is 35.2 Å². The fourth-order valence-corrected chi connectivity index (χ4v) is 5.77. The number of hydrogen-bond acceptors (Lipinski definition) is 5. The van der Waals surface area contributed by atoms with Gasteiger partial charge in [-0.1, -0.05) is 31.9 Å². The monoisotopic (exact) mass is 593 g/mol. The van der Waals surface area contributed by atoms with E-state index in [9.17, 15) is 9.90 Å². The van der Waals surface area contributed by atoms with Crippen LogP contribution in [0.25, 0.3) is 27.7 Å². The van der Waals surface area contributed by atoms with E-state index in [-0.39, 0.29) is 22.9 Å². The summed E-state index contributed by atoms with van der Waals surface area (Å²) in [6, 6.07) is 3.32. The van der Waals surface area contributed by atoms with E-state index in [0.717, 1.165) is 0 Å². The van der Waals surface area contributed by atoms with Crippen molar-refractivity contribution < 1.29 is 14.3 Å². The minimum Gasteiger partial charge on any atom is -0.476 e. The molecule has 0 radical (unpaired) electrons. The molecule has 0 amide bonds. The lowest BCUT2D eigenvalue weighted by Gasteiger charge is -2.13. The number of carboxylic acid groups (broad SMARTS) is 1. The van der Waals surface area contributed by atoms with Crippen LogP contribution in [0.2, 0.25) is 5.02 Å². The third kappa shape index (κ3) is 4.22.